The van der Waals surface area contributed by atoms with E-state index in [0.29, 0.717) is 28.9 Å². The fourth-order valence-electron chi connectivity index (χ4n) is 3.67. The first-order valence-electron chi connectivity index (χ1n) is 10.0. The second-order valence-electron chi connectivity index (χ2n) is 7.77. The molecule has 0 spiro atoms. The number of amides is 2. The van der Waals surface area contributed by atoms with Crippen LogP contribution in [0.25, 0.3) is 0 Å². The van der Waals surface area contributed by atoms with Gasteiger partial charge in [-0.2, -0.15) is 0 Å². The molecule has 1 aromatic carbocycles. The lowest BCUT2D eigenvalue weighted by Crippen LogP contribution is -2.48. The summed E-state index contributed by atoms with van der Waals surface area (Å²) in [6.07, 6.45) is 2.26. The highest BCUT2D eigenvalue weighted by Crippen LogP contribution is 2.32. The Balaban J connectivity index is 1.43. The summed E-state index contributed by atoms with van der Waals surface area (Å²) in [7, 11) is 0. The molecule has 1 fully saturated rings. The largest absolute Gasteiger partial charge is 0.454 e. The topological polar surface area (TPSA) is 103 Å². The molecule has 4 atom stereocenters. The molecule has 0 bridgehead atoms. The lowest BCUT2D eigenvalue weighted by Gasteiger charge is -2.35. The molecule has 0 aromatic heterocycles. The molecule has 2 N–H and O–H groups in total. The maximum atomic E-state index is 12.4. The lowest BCUT2D eigenvalue weighted by atomic mass is 9.78. The fraction of sp³-hybridized carbons (Fsp3) is 0.571. The number of nitrogens with one attached hydrogen (secondary N) is 2. The first-order valence-corrected chi connectivity index (χ1v) is 10.0. The molecule has 1 saturated carbocycles. The Morgan fingerprint density at radius 3 is 2.72 bits per heavy atom. The van der Waals surface area contributed by atoms with Gasteiger partial charge in [0.25, 0.3) is 11.8 Å². The SMILES string of the molecule is C[C@@H]1[C@@H](C)CCC[C@H]1NC(=O)[C@@H](C)OC(=O)CNC(=O)c1ccc2c(c1)OCO2. The molecular weight excluding hydrogens is 376 g/mol. The molecule has 1 aliphatic heterocycles. The molecule has 1 aromatic rings. The van der Waals surface area contributed by atoms with E-state index in [9.17, 15) is 14.4 Å². The van der Waals surface area contributed by atoms with E-state index in [4.69, 9.17) is 14.2 Å². The van der Waals surface area contributed by atoms with Crippen LogP contribution in [0.5, 0.6) is 11.5 Å². The van der Waals surface area contributed by atoms with Crippen LogP contribution in [-0.4, -0.2) is 43.3 Å². The number of hydrogen-bond donors (Lipinski definition) is 2. The van der Waals surface area contributed by atoms with Gasteiger partial charge in [-0.15, -0.1) is 0 Å². The van der Waals surface area contributed by atoms with Gasteiger partial charge in [-0.25, -0.2) is 0 Å². The highest BCUT2D eigenvalue weighted by molar-refractivity contribution is 5.96. The van der Waals surface area contributed by atoms with Crippen LogP contribution in [0, 0.1) is 11.8 Å². The van der Waals surface area contributed by atoms with Crippen LogP contribution in [0.1, 0.15) is 50.4 Å². The summed E-state index contributed by atoms with van der Waals surface area (Å²) < 4.78 is 15.6. The van der Waals surface area contributed by atoms with Crippen molar-refractivity contribution in [1.29, 1.82) is 0 Å². The smallest absolute Gasteiger partial charge is 0.326 e. The highest BCUT2D eigenvalue weighted by Gasteiger charge is 2.30. The Bertz CT molecular complexity index is 780. The lowest BCUT2D eigenvalue weighted by molar-refractivity contribution is -0.154. The summed E-state index contributed by atoms with van der Waals surface area (Å²) in [5.41, 5.74) is 0.341. The third-order valence-electron chi connectivity index (χ3n) is 5.74. The molecule has 3 rings (SSSR count). The van der Waals surface area contributed by atoms with E-state index in [0.717, 1.165) is 12.8 Å². The second kappa shape index (κ2) is 9.15. The molecule has 29 heavy (non-hydrogen) atoms. The average molecular weight is 404 g/mol. The molecule has 0 unspecified atom stereocenters. The maximum Gasteiger partial charge on any atom is 0.326 e. The molecule has 158 valence electrons. The van der Waals surface area contributed by atoms with Gasteiger partial charge < -0.3 is 24.8 Å². The van der Waals surface area contributed by atoms with Crippen LogP contribution in [0.2, 0.25) is 0 Å². The molecule has 0 saturated heterocycles. The minimum Gasteiger partial charge on any atom is -0.454 e. The van der Waals surface area contributed by atoms with Crippen molar-refractivity contribution in [2.45, 2.75) is 52.2 Å². The minimum absolute atomic E-state index is 0.0955. The molecule has 1 heterocycles. The number of rotatable bonds is 6. The van der Waals surface area contributed by atoms with E-state index in [-0.39, 0.29) is 25.3 Å². The van der Waals surface area contributed by atoms with E-state index >= 15 is 0 Å². The van der Waals surface area contributed by atoms with Gasteiger partial charge in [0, 0.05) is 11.6 Å². The van der Waals surface area contributed by atoms with Crippen molar-refractivity contribution in [1.82, 2.24) is 10.6 Å². The summed E-state index contributed by atoms with van der Waals surface area (Å²) in [4.78, 5) is 36.6. The summed E-state index contributed by atoms with van der Waals surface area (Å²) in [5, 5.41) is 5.48. The van der Waals surface area contributed by atoms with Crippen molar-refractivity contribution in [3.8, 4) is 11.5 Å². The highest BCUT2D eigenvalue weighted by atomic mass is 16.7. The van der Waals surface area contributed by atoms with Crippen LogP contribution in [0.15, 0.2) is 18.2 Å². The standard InChI is InChI=1S/C21H28N2O6/c1-12-5-4-6-16(13(12)2)23-20(25)14(3)29-19(24)10-22-21(26)15-7-8-17-18(9-15)28-11-27-17/h7-9,12-14,16H,4-6,10-11H2,1-3H3,(H,22,26)(H,23,25)/t12-,13+,14+,16+/m0/s1. The number of fused-ring (bicyclic) bond motifs is 1. The summed E-state index contributed by atoms with van der Waals surface area (Å²) >= 11 is 0. The van der Waals surface area contributed by atoms with E-state index in [1.54, 1.807) is 18.2 Å². The number of carbonyl (C=O) groups excluding carboxylic acids is 3. The van der Waals surface area contributed by atoms with E-state index in [1.165, 1.54) is 13.3 Å². The summed E-state index contributed by atoms with van der Waals surface area (Å²) in [6, 6.07) is 4.86. The Kier molecular flexibility index (Phi) is 6.61. The van der Waals surface area contributed by atoms with E-state index in [1.807, 2.05) is 0 Å². The number of carbonyl (C=O) groups is 3. The Morgan fingerprint density at radius 1 is 1.17 bits per heavy atom. The first-order chi connectivity index (χ1) is 13.8. The van der Waals surface area contributed by atoms with Gasteiger partial charge in [-0.05, 0) is 43.4 Å². The monoisotopic (exact) mass is 404 g/mol. The molecule has 8 nitrogen and oxygen atoms in total. The van der Waals surface area contributed by atoms with Crippen molar-refractivity contribution in [2.24, 2.45) is 11.8 Å². The van der Waals surface area contributed by atoms with Gasteiger partial charge in [-0.3, -0.25) is 14.4 Å². The third kappa shape index (κ3) is 5.19. The van der Waals surface area contributed by atoms with Crippen molar-refractivity contribution in [2.75, 3.05) is 13.3 Å². The molecule has 8 heteroatoms. The Hall–Kier alpha value is -2.77. The summed E-state index contributed by atoms with van der Waals surface area (Å²) in [6.45, 7) is 5.64. The van der Waals surface area contributed by atoms with Crippen LogP contribution < -0.4 is 20.1 Å². The van der Waals surface area contributed by atoms with Gasteiger partial charge in [0.15, 0.2) is 17.6 Å². The average Bonchev–Trinajstić information content (AvgIpc) is 3.17. The van der Waals surface area contributed by atoms with Crippen LogP contribution in [0.4, 0.5) is 0 Å². The van der Waals surface area contributed by atoms with E-state index < -0.39 is 18.0 Å². The minimum atomic E-state index is -0.922. The zero-order valence-electron chi connectivity index (χ0n) is 17.0. The first kappa shape index (κ1) is 21.0. The Morgan fingerprint density at radius 2 is 1.93 bits per heavy atom. The molecule has 0 radical (unpaired) electrons. The van der Waals surface area contributed by atoms with Crippen molar-refractivity contribution in [3.05, 3.63) is 23.8 Å². The van der Waals surface area contributed by atoms with E-state index in [2.05, 4.69) is 24.5 Å². The normalized spacial score (nSPS) is 23.8. The second-order valence-corrected chi connectivity index (χ2v) is 7.77. The zero-order valence-corrected chi connectivity index (χ0v) is 17.0. The predicted molar refractivity (Wildman–Crippen MR) is 105 cm³/mol. The van der Waals surface area contributed by atoms with Crippen molar-refractivity contribution in [3.63, 3.8) is 0 Å². The predicted octanol–water partition coefficient (Wildman–Crippen LogP) is 2.02. The van der Waals surface area contributed by atoms with Crippen LogP contribution in [0.3, 0.4) is 0 Å². The quantitative estimate of drug-likeness (QED) is 0.703. The van der Waals surface area contributed by atoms with Crippen molar-refractivity contribution < 1.29 is 28.6 Å². The summed E-state index contributed by atoms with van der Waals surface area (Å²) in [5.74, 6) is 0.565. The number of benzene rings is 1. The number of hydrogen-bond acceptors (Lipinski definition) is 6. The fourth-order valence-corrected chi connectivity index (χ4v) is 3.67. The molecule has 2 aliphatic rings. The van der Waals surface area contributed by atoms with Gasteiger partial charge in [0.05, 0.1) is 0 Å². The third-order valence-corrected chi connectivity index (χ3v) is 5.74. The van der Waals surface area contributed by atoms with Gasteiger partial charge >= 0.3 is 5.97 Å². The molecule has 1 aliphatic carbocycles. The number of esters is 1. The molecular formula is C21H28N2O6. The van der Waals surface area contributed by atoms with Gasteiger partial charge in [0.1, 0.15) is 6.54 Å². The maximum absolute atomic E-state index is 12.4. The van der Waals surface area contributed by atoms with Gasteiger partial charge in [-0.1, -0.05) is 26.7 Å². The Labute approximate surface area is 170 Å². The van der Waals surface area contributed by atoms with Crippen LogP contribution in [-0.2, 0) is 14.3 Å². The van der Waals surface area contributed by atoms with Crippen molar-refractivity contribution >= 4 is 17.8 Å². The molecule has 2 amide bonds. The zero-order chi connectivity index (χ0) is 21.0. The van der Waals surface area contributed by atoms with Gasteiger partial charge in [0.2, 0.25) is 6.79 Å². The number of ether oxygens (including phenoxy) is 3. The van der Waals surface area contributed by atoms with Crippen LogP contribution >= 0.6 is 0 Å².